The number of hydrogen-bond acceptors (Lipinski definition) is 3. The van der Waals surface area contributed by atoms with Crippen molar-refractivity contribution in [2.45, 2.75) is 73.1 Å². The fraction of sp³-hybridized carbons (Fsp3) is 0.214. The number of rotatable bonds is 7. The van der Waals surface area contributed by atoms with Gasteiger partial charge in [-0.15, -0.1) is 17.7 Å². The molecule has 8 aromatic rings. The number of pyridine rings is 1. The van der Waals surface area contributed by atoms with Crippen molar-refractivity contribution >= 4 is 56.3 Å². The van der Waals surface area contributed by atoms with Crippen LogP contribution in [0.15, 0.2) is 164 Å². The molecule has 0 radical (unpaired) electrons. The second-order valence-corrected chi connectivity index (χ2v) is 19.6. The van der Waals surface area contributed by atoms with E-state index in [1.54, 1.807) is 0 Å². The van der Waals surface area contributed by atoms with Gasteiger partial charge >= 0.3 is 0 Å². The Morgan fingerprint density at radius 2 is 1.24 bits per heavy atom. The zero-order valence-electron chi connectivity index (χ0n) is 37.3. The van der Waals surface area contributed by atoms with E-state index < -0.39 is 0 Å². The minimum absolute atomic E-state index is 0. The van der Waals surface area contributed by atoms with Crippen molar-refractivity contribution < 1.29 is 21.1 Å². The van der Waals surface area contributed by atoms with Crippen molar-refractivity contribution in [2.75, 3.05) is 9.80 Å². The third-order valence-corrected chi connectivity index (χ3v) is 12.0. The maximum Gasteiger partial charge on any atom is 0.191 e. The Bertz CT molecular complexity index is 2910. The van der Waals surface area contributed by atoms with E-state index in [4.69, 9.17) is 4.98 Å². The Kier molecular flexibility index (Phi) is 11.5. The molecule has 0 saturated heterocycles. The van der Waals surface area contributed by atoms with Gasteiger partial charge in [0.2, 0.25) is 0 Å². The van der Waals surface area contributed by atoms with Gasteiger partial charge in [-0.05, 0) is 75.0 Å². The number of fused-ring (bicyclic) bond motifs is 3. The second-order valence-electron chi connectivity index (χ2n) is 19.6. The molecule has 1 aliphatic rings. The summed E-state index contributed by atoms with van der Waals surface area (Å²) >= 11 is 0. The van der Waals surface area contributed by atoms with E-state index in [0.717, 1.165) is 44.5 Å². The largest absolute Gasteiger partial charge is 0.497 e. The molecule has 0 amide bonds. The molecular formula is C56H54BN4Pt-3. The molecule has 9 rings (SSSR count). The van der Waals surface area contributed by atoms with Crippen molar-refractivity contribution in [2.24, 2.45) is 5.41 Å². The number of hydrogen-bond donors (Lipinski definition) is 0. The van der Waals surface area contributed by atoms with Gasteiger partial charge in [0.15, 0.2) is 6.71 Å². The van der Waals surface area contributed by atoms with Crippen LogP contribution >= 0.6 is 0 Å². The molecule has 1 aliphatic heterocycles. The van der Waals surface area contributed by atoms with Gasteiger partial charge in [0.1, 0.15) is 5.82 Å². The molecule has 314 valence electrons. The summed E-state index contributed by atoms with van der Waals surface area (Å²) in [6.07, 6.45) is 4.24. The zero-order chi connectivity index (χ0) is 42.7. The average Bonchev–Trinajstić information content (AvgIpc) is 3.85. The summed E-state index contributed by atoms with van der Waals surface area (Å²) in [7, 11) is 0. The van der Waals surface area contributed by atoms with Gasteiger partial charge in [-0.3, -0.25) is 0 Å². The summed E-state index contributed by atoms with van der Waals surface area (Å²) in [6.45, 7) is 22.6. The van der Waals surface area contributed by atoms with Gasteiger partial charge < -0.3 is 14.4 Å². The van der Waals surface area contributed by atoms with Crippen LogP contribution < -0.4 is 26.2 Å². The monoisotopic (exact) mass is 988 g/mol. The summed E-state index contributed by atoms with van der Waals surface area (Å²) in [5, 5.41) is 2.34. The molecule has 0 spiro atoms. The molecular weight excluding hydrogens is 935 g/mol. The van der Waals surface area contributed by atoms with Gasteiger partial charge in [0.05, 0.1) is 0 Å². The van der Waals surface area contributed by atoms with Gasteiger partial charge in [0.25, 0.3) is 0 Å². The summed E-state index contributed by atoms with van der Waals surface area (Å²) in [5.41, 5.74) is 13.6. The number of nitrogens with zero attached hydrogens (tertiary/aromatic N) is 4. The van der Waals surface area contributed by atoms with Crippen LogP contribution in [-0.2, 0) is 31.9 Å². The summed E-state index contributed by atoms with van der Waals surface area (Å²) in [5.74, 6) is 0.899. The molecule has 62 heavy (non-hydrogen) atoms. The molecule has 0 N–H and O–H groups in total. The quantitative estimate of drug-likeness (QED) is 0.117. The van der Waals surface area contributed by atoms with Crippen molar-refractivity contribution in [1.82, 2.24) is 9.55 Å². The number of allylic oxidation sites excluding steroid dienone is 1. The number of anilines is 2. The molecule has 3 heterocycles. The first-order valence-electron chi connectivity index (χ1n) is 21.5. The standard InChI is InChI=1S/C56H54BN4.Pt/c1-54(2,3)41-29-30-58-53(34-41)61-50-26-17-16-25-48(50)49-28-27-45(36-51(49)61)57(43-21-14-11-15-22-43)44-23-18-24-46(35-44)60-38-59(37-52(60)56(7,8)9)47-32-40(39-19-12-10-13-20-39)31-42(33-47)55(4,5)6;/h10-34,37-38H,1-9H3;/q-3;. The van der Waals surface area contributed by atoms with E-state index in [1.165, 1.54) is 38.8 Å². The molecule has 0 atom stereocenters. The molecule has 2 aromatic heterocycles. The van der Waals surface area contributed by atoms with Crippen LogP contribution in [0.1, 0.15) is 73.4 Å². The van der Waals surface area contributed by atoms with E-state index in [9.17, 15) is 0 Å². The topological polar surface area (TPSA) is 24.3 Å². The minimum atomic E-state index is -0.150. The maximum atomic E-state index is 4.95. The molecule has 0 bridgehead atoms. The number of benzene rings is 6. The first-order chi connectivity index (χ1) is 29.1. The third-order valence-electron chi connectivity index (χ3n) is 12.0. The first kappa shape index (κ1) is 43.0. The predicted molar refractivity (Wildman–Crippen MR) is 260 cm³/mol. The Morgan fingerprint density at radius 3 is 1.95 bits per heavy atom. The van der Waals surface area contributed by atoms with Crippen LogP contribution in [0, 0.1) is 24.2 Å². The van der Waals surface area contributed by atoms with E-state index in [1.807, 2.05) is 6.20 Å². The van der Waals surface area contributed by atoms with E-state index in [-0.39, 0.29) is 44.0 Å². The maximum absolute atomic E-state index is 4.95. The average molecular weight is 989 g/mol. The van der Waals surface area contributed by atoms with E-state index >= 15 is 0 Å². The van der Waals surface area contributed by atoms with E-state index in [2.05, 4.69) is 247 Å². The summed E-state index contributed by atoms with van der Waals surface area (Å²) in [6, 6.07) is 60.6. The molecule has 0 saturated carbocycles. The second kappa shape index (κ2) is 16.6. The number of aromatic nitrogens is 2. The van der Waals surface area contributed by atoms with Crippen LogP contribution in [0.4, 0.5) is 11.4 Å². The Balaban J connectivity index is 0.00000529. The van der Waals surface area contributed by atoms with Gasteiger partial charge in [-0.2, -0.15) is 53.4 Å². The SMILES string of the molecule is CC(C)(C)C1=CN(c2cc(-c3ccccc3)cc(C(C)(C)C)c2)[CH-]N1c1[c-]c(B(c2[c-]c3c(cc2)c2ccccc2n3-c2cc(C(C)(C)C)ccn2)c2ccccc2)ccc1.[Pt]. The molecule has 0 fully saturated rings. The normalized spacial score (nSPS) is 13.4. The molecule has 6 aromatic carbocycles. The van der Waals surface area contributed by atoms with Gasteiger partial charge in [0, 0.05) is 49.6 Å². The molecule has 0 aliphatic carbocycles. The van der Waals surface area contributed by atoms with Crippen molar-refractivity contribution in [3.05, 3.63) is 194 Å². The van der Waals surface area contributed by atoms with Crippen LogP contribution in [0.5, 0.6) is 0 Å². The van der Waals surface area contributed by atoms with Crippen LogP contribution in [0.3, 0.4) is 0 Å². The third kappa shape index (κ3) is 8.33. The van der Waals surface area contributed by atoms with E-state index in [0.29, 0.717) is 0 Å². The van der Waals surface area contributed by atoms with Crippen LogP contribution in [0.25, 0.3) is 38.8 Å². The molecule has 0 unspecified atom stereocenters. The Labute approximate surface area is 383 Å². The van der Waals surface area contributed by atoms with Crippen molar-refractivity contribution in [3.8, 4) is 16.9 Å². The van der Waals surface area contributed by atoms with Crippen molar-refractivity contribution in [1.29, 1.82) is 0 Å². The number of para-hydroxylation sites is 1. The smallest absolute Gasteiger partial charge is 0.191 e. The minimum Gasteiger partial charge on any atom is -0.497 e. The van der Waals surface area contributed by atoms with Gasteiger partial charge in [-0.1, -0.05) is 158 Å². The molecule has 6 heteroatoms. The Hall–Kier alpha value is -5.64. The molecule has 4 nitrogen and oxygen atoms in total. The first-order valence-corrected chi connectivity index (χ1v) is 21.5. The summed E-state index contributed by atoms with van der Waals surface area (Å²) in [4.78, 5) is 9.57. The van der Waals surface area contributed by atoms with Crippen LogP contribution in [-0.4, -0.2) is 16.3 Å². The fourth-order valence-electron chi connectivity index (χ4n) is 8.57. The van der Waals surface area contributed by atoms with Crippen molar-refractivity contribution in [3.63, 3.8) is 0 Å². The Morgan fingerprint density at radius 1 is 0.565 bits per heavy atom. The zero-order valence-corrected chi connectivity index (χ0v) is 39.5. The van der Waals surface area contributed by atoms with Gasteiger partial charge in [-0.25, -0.2) is 4.98 Å². The summed E-state index contributed by atoms with van der Waals surface area (Å²) < 4.78 is 2.29. The predicted octanol–water partition coefficient (Wildman–Crippen LogP) is 11.9. The van der Waals surface area contributed by atoms with Crippen LogP contribution in [0.2, 0.25) is 0 Å². The fourth-order valence-corrected chi connectivity index (χ4v) is 8.57.